The molecule has 1 aromatic heterocycles. The fourth-order valence-electron chi connectivity index (χ4n) is 2.59. The molecule has 0 saturated carbocycles. The van der Waals surface area contributed by atoms with E-state index in [-0.39, 0.29) is 29.3 Å². The monoisotopic (exact) mass is 440 g/mol. The third kappa shape index (κ3) is 5.53. The van der Waals surface area contributed by atoms with Crippen molar-refractivity contribution in [1.82, 2.24) is 14.9 Å². The van der Waals surface area contributed by atoms with E-state index in [1.165, 1.54) is 24.3 Å². The van der Waals surface area contributed by atoms with Crippen LogP contribution in [0.1, 0.15) is 41.3 Å². The van der Waals surface area contributed by atoms with Gasteiger partial charge in [0.2, 0.25) is 15.9 Å². The molecule has 10 heteroatoms. The minimum absolute atomic E-state index is 0.00883. The number of esters is 1. The van der Waals surface area contributed by atoms with Gasteiger partial charge in [-0.05, 0) is 50.2 Å². The summed E-state index contributed by atoms with van der Waals surface area (Å²) in [4.78, 5) is 12.4. The molecule has 1 unspecified atom stereocenters. The molecule has 0 amide bonds. The molecule has 160 valence electrons. The number of nitriles is 1. The zero-order valence-electron chi connectivity index (χ0n) is 16.9. The second-order valence-corrected chi connectivity index (χ2v) is 8.46. The summed E-state index contributed by atoms with van der Waals surface area (Å²) in [7, 11) is -3.75. The molecule has 0 bridgehead atoms. The first-order valence-electron chi connectivity index (χ1n) is 9.38. The lowest BCUT2D eigenvalue weighted by Gasteiger charge is -2.10. The number of nitrogens with one attached hydrogen (secondary N) is 1. The van der Waals surface area contributed by atoms with E-state index in [4.69, 9.17) is 14.4 Å². The summed E-state index contributed by atoms with van der Waals surface area (Å²) in [5, 5.41) is 16.4. The standard InChI is InChI=1S/C21H20N4O5S/c1-14-4-6-16(7-5-14)20-25-24-19(30-20)15(2)29-21(26)17-8-10-18(11-9-17)31(27,28)23-13-3-12-22/h4-11,15,23H,3,13H2,1-2H3. The Morgan fingerprint density at radius 3 is 2.48 bits per heavy atom. The van der Waals surface area contributed by atoms with E-state index in [9.17, 15) is 13.2 Å². The predicted octanol–water partition coefficient (Wildman–Crippen LogP) is 3.16. The topological polar surface area (TPSA) is 135 Å². The fraction of sp³-hybridized carbons (Fsp3) is 0.238. The SMILES string of the molecule is Cc1ccc(-c2nnc(C(C)OC(=O)c3ccc(S(=O)(=O)NCCC#N)cc3)o2)cc1. The lowest BCUT2D eigenvalue weighted by Crippen LogP contribution is -2.24. The first-order chi connectivity index (χ1) is 14.8. The number of aryl methyl sites for hydroxylation is 1. The van der Waals surface area contributed by atoms with Crippen LogP contribution < -0.4 is 4.72 Å². The molecule has 1 N–H and O–H groups in total. The highest BCUT2D eigenvalue weighted by Gasteiger charge is 2.21. The van der Waals surface area contributed by atoms with Gasteiger partial charge in [0.05, 0.1) is 16.5 Å². The third-order valence-corrected chi connectivity index (χ3v) is 5.78. The second kappa shape index (κ2) is 9.51. The molecule has 0 fully saturated rings. The van der Waals surface area contributed by atoms with Gasteiger partial charge in [0.15, 0.2) is 6.10 Å². The molecule has 0 aliphatic rings. The maximum absolute atomic E-state index is 12.4. The maximum atomic E-state index is 12.4. The molecular weight excluding hydrogens is 420 g/mol. The van der Waals surface area contributed by atoms with Gasteiger partial charge in [-0.1, -0.05) is 17.7 Å². The van der Waals surface area contributed by atoms with Crippen LogP contribution >= 0.6 is 0 Å². The molecule has 31 heavy (non-hydrogen) atoms. The summed E-state index contributed by atoms with van der Waals surface area (Å²) in [6.45, 7) is 3.58. The Hall–Kier alpha value is -3.55. The van der Waals surface area contributed by atoms with Crippen molar-refractivity contribution in [2.24, 2.45) is 0 Å². The summed E-state index contributed by atoms with van der Waals surface area (Å²) in [6.07, 6.45) is -0.738. The number of carbonyl (C=O) groups is 1. The molecular formula is C21H20N4O5S. The number of ether oxygens (including phenoxy) is 1. The van der Waals surface area contributed by atoms with Crippen molar-refractivity contribution in [2.45, 2.75) is 31.3 Å². The first kappa shape index (κ1) is 22.1. The van der Waals surface area contributed by atoms with Crippen molar-refractivity contribution < 1.29 is 22.4 Å². The first-order valence-corrected chi connectivity index (χ1v) is 10.9. The van der Waals surface area contributed by atoms with Gasteiger partial charge in [0.1, 0.15) is 0 Å². The fourth-order valence-corrected chi connectivity index (χ4v) is 3.62. The smallest absolute Gasteiger partial charge is 0.338 e. The van der Waals surface area contributed by atoms with Gasteiger partial charge in [-0.3, -0.25) is 0 Å². The number of sulfonamides is 1. The summed E-state index contributed by atoms with van der Waals surface area (Å²) in [5.41, 5.74) is 2.02. The minimum atomic E-state index is -3.75. The van der Waals surface area contributed by atoms with Gasteiger partial charge in [-0.15, -0.1) is 10.2 Å². The third-order valence-electron chi connectivity index (χ3n) is 4.30. The van der Waals surface area contributed by atoms with Gasteiger partial charge >= 0.3 is 5.97 Å². The quantitative estimate of drug-likeness (QED) is 0.417. The lowest BCUT2D eigenvalue weighted by atomic mass is 10.1. The van der Waals surface area contributed by atoms with Crippen LogP contribution in [-0.4, -0.2) is 31.1 Å². The second-order valence-electron chi connectivity index (χ2n) is 6.69. The summed E-state index contributed by atoms with van der Waals surface area (Å²) in [5.74, 6) is -0.204. The Bertz CT molecular complexity index is 1200. The van der Waals surface area contributed by atoms with Crippen LogP contribution in [-0.2, 0) is 14.8 Å². The van der Waals surface area contributed by atoms with E-state index < -0.39 is 22.1 Å². The van der Waals surface area contributed by atoms with Crippen LogP contribution in [0.3, 0.4) is 0 Å². The van der Waals surface area contributed by atoms with Crippen LogP contribution in [0, 0.1) is 18.3 Å². The summed E-state index contributed by atoms with van der Waals surface area (Å²) < 4.78 is 37.5. The van der Waals surface area contributed by atoms with Crippen molar-refractivity contribution in [3.63, 3.8) is 0 Å². The molecule has 1 heterocycles. The maximum Gasteiger partial charge on any atom is 0.338 e. The van der Waals surface area contributed by atoms with Crippen LogP contribution in [0.5, 0.6) is 0 Å². The van der Waals surface area contributed by atoms with E-state index in [2.05, 4.69) is 14.9 Å². The van der Waals surface area contributed by atoms with Gasteiger partial charge in [0.25, 0.3) is 5.89 Å². The summed E-state index contributed by atoms with van der Waals surface area (Å²) >= 11 is 0. The van der Waals surface area contributed by atoms with Crippen LogP contribution in [0.2, 0.25) is 0 Å². The molecule has 2 aromatic carbocycles. The molecule has 0 spiro atoms. The molecule has 0 aliphatic heterocycles. The molecule has 3 aromatic rings. The molecule has 0 radical (unpaired) electrons. The van der Waals surface area contributed by atoms with Gasteiger partial charge in [0, 0.05) is 18.5 Å². The number of benzene rings is 2. The minimum Gasteiger partial charge on any atom is -0.449 e. The van der Waals surface area contributed by atoms with Crippen LogP contribution in [0.15, 0.2) is 57.8 Å². The highest BCUT2D eigenvalue weighted by atomic mass is 32.2. The van der Waals surface area contributed by atoms with Gasteiger partial charge in [-0.25, -0.2) is 17.9 Å². The highest BCUT2D eigenvalue weighted by molar-refractivity contribution is 7.89. The average molecular weight is 440 g/mol. The van der Waals surface area contributed by atoms with Crippen LogP contribution in [0.4, 0.5) is 0 Å². The molecule has 0 aliphatic carbocycles. The number of rotatable bonds is 8. The highest BCUT2D eigenvalue weighted by Crippen LogP contribution is 2.23. The zero-order chi connectivity index (χ0) is 22.4. The van der Waals surface area contributed by atoms with E-state index in [0.29, 0.717) is 5.89 Å². The Kier molecular flexibility index (Phi) is 6.79. The van der Waals surface area contributed by atoms with E-state index >= 15 is 0 Å². The van der Waals surface area contributed by atoms with Gasteiger partial charge < -0.3 is 9.15 Å². The largest absolute Gasteiger partial charge is 0.449 e. The van der Waals surface area contributed by atoms with Gasteiger partial charge in [-0.2, -0.15) is 5.26 Å². The van der Waals surface area contributed by atoms with Crippen molar-refractivity contribution in [2.75, 3.05) is 6.54 Å². The average Bonchev–Trinajstić information content (AvgIpc) is 3.25. The van der Waals surface area contributed by atoms with Crippen molar-refractivity contribution in [1.29, 1.82) is 5.26 Å². The van der Waals surface area contributed by atoms with Crippen molar-refractivity contribution >= 4 is 16.0 Å². The van der Waals surface area contributed by atoms with Crippen LogP contribution in [0.25, 0.3) is 11.5 Å². The number of aromatic nitrogens is 2. The molecule has 3 rings (SSSR count). The molecule has 9 nitrogen and oxygen atoms in total. The Balaban J connectivity index is 1.65. The molecule has 0 saturated heterocycles. The molecule has 1 atom stereocenters. The number of hydrogen-bond acceptors (Lipinski definition) is 8. The Morgan fingerprint density at radius 1 is 1.16 bits per heavy atom. The predicted molar refractivity (Wildman–Crippen MR) is 110 cm³/mol. The zero-order valence-corrected chi connectivity index (χ0v) is 17.7. The number of carbonyl (C=O) groups excluding carboxylic acids is 1. The van der Waals surface area contributed by atoms with E-state index in [1.807, 2.05) is 37.3 Å². The van der Waals surface area contributed by atoms with E-state index in [0.717, 1.165) is 11.1 Å². The number of hydrogen-bond donors (Lipinski definition) is 1. The summed E-state index contributed by atoms with van der Waals surface area (Å²) in [6, 6.07) is 14.7. The Morgan fingerprint density at radius 2 is 1.84 bits per heavy atom. The Labute approximate surface area is 179 Å². The van der Waals surface area contributed by atoms with Crippen molar-refractivity contribution in [3.8, 4) is 17.5 Å². The van der Waals surface area contributed by atoms with Crippen molar-refractivity contribution in [3.05, 3.63) is 65.5 Å². The van der Waals surface area contributed by atoms with E-state index in [1.54, 1.807) is 6.92 Å². The lowest BCUT2D eigenvalue weighted by molar-refractivity contribution is 0.0279. The number of nitrogens with zero attached hydrogens (tertiary/aromatic N) is 3. The normalized spacial score (nSPS) is 12.2.